The molecule has 0 unspecified atom stereocenters. The molecular formula is C27H32N4O3. The van der Waals surface area contributed by atoms with Gasteiger partial charge in [0.15, 0.2) is 0 Å². The van der Waals surface area contributed by atoms with Crippen molar-refractivity contribution in [2.75, 3.05) is 44.8 Å². The van der Waals surface area contributed by atoms with E-state index in [1.807, 2.05) is 48.7 Å². The molecule has 0 atom stereocenters. The van der Waals surface area contributed by atoms with Crippen molar-refractivity contribution in [3.05, 3.63) is 72.6 Å². The van der Waals surface area contributed by atoms with Gasteiger partial charge < -0.3 is 25.2 Å². The molecule has 7 heteroatoms. The van der Waals surface area contributed by atoms with E-state index < -0.39 is 0 Å². The Balaban J connectivity index is 1.12. The molecule has 3 N–H and O–H groups in total. The van der Waals surface area contributed by atoms with Crippen LogP contribution in [0.1, 0.15) is 18.4 Å². The van der Waals surface area contributed by atoms with Crippen molar-refractivity contribution in [2.24, 2.45) is 0 Å². The molecule has 0 aliphatic rings. The molecule has 2 aromatic carbocycles. The number of unbranched alkanes of at least 4 members (excludes halogenated alkanes) is 1. The zero-order valence-corrected chi connectivity index (χ0v) is 19.4. The van der Waals surface area contributed by atoms with Gasteiger partial charge in [-0.05, 0) is 49.2 Å². The number of aliphatic hydroxyl groups is 1. The first-order valence-electron chi connectivity index (χ1n) is 11.8. The third-order valence-corrected chi connectivity index (χ3v) is 5.52. The predicted molar refractivity (Wildman–Crippen MR) is 136 cm³/mol. The van der Waals surface area contributed by atoms with Gasteiger partial charge in [0.05, 0.1) is 18.7 Å². The summed E-state index contributed by atoms with van der Waals surface area (Å²) in [7, 11) is 0. The van der Waals surface area contributed by atoms with Gasteiger partial charge >= 0.3 is 0 Å². The van der Waals surface area contributed by atoms with E-state index in [1.54, 1.807) is 6.20 Å². The van der Waals surface area contributed by atoms with E-state index in [2.05, 4.69) is 27.8 Å². The minimum atomic E-state index is 0.0234. The number of aliphatic hydroxyl groups excluding tert-OH is 1. The number of nitrogens with one attached hydrogen (secondary N) is 2. The van der Waals surface area contributed by atoms with Crippen LogP contribution in [-0.4, -0.2) is 54.6 Å². The number of hydrogen-bond acceptors (Lipinski definition) is 7. The maximum atomic E-state index is 8.86. The summed E-state index contributed by atoms with van der Waals surface area (Å²) in [6.07, 6.45) is 5.76. The van der Waals surface area contributed by atoms with E-state index in [0.717, 1.165) is 65.8 Å². The molecule has 0 radical (unpaired) electrons. The summed E-state index contributed by atoms with van der Waals surface area (Å²) in [4.78, 5) is 9.08. The number of pyridine rings is 2. The molecular weight excluding hydrogens is 428 g/mol. The highest BCUT2D eigenvalue weighted by atomic mass is 16.5. The first kappa shape index (κ1) is 23.9. The number of ether oxygens (including phenoxy) is 2. The third-order valence-electron chi connectivity index (χ3n) is 5.52. The van der Waals surface area contributed by atoms with Crippen molar-refractivity contribution in [1.29, 1.82) is 0 Å². The molecule has 0 aliphatic heterocycles. The van der Waals surface area contributed by atoms with Crippen molar-refractivity contribution in [3.8, 4) is 5.75 Å². The first-order valence-corrected chi connectivity index (χ1v) is 11.8. The number of nitrogens with zero attached hydrogens (tertiary/aromatic N) is 2. The topological polar surface area (TPSA) is 88.5 Å². The minimum Gasteiger partial charge on any atom is -0.491 e. The second-order valence-corrected chi connectivity index (χ2v) is 8.04. The number of aromatic nitrogens is 2. The largest absolute Gasteiger partial charge is 0.491 e. The standard InChI is InChI=1S/C27H32N4O3/c32-14-17-34-22-7-5-6-21(18-22)19-28-11-3-4-15-33-16-13-30-27-24-10-12-29-20-25(24)23-8-1-2-9-26(23)31-27/h1-2,5-10,12,18,20,28,32H,3-4,11,13-17,19H2,(H,30,31). The molecule has 7 nitrogen and oxygen atoms in total. The Morgan fingerprint density at radius 3 is 2.74 bits per heavy atom. The van der Waals surface area contributed by atoms with Gasteiger partial charge in [-0.15, -0.1) is 0 Å². The fourth-order valence-electron chi connectivity index (χ4n) is 3.87. The van der Waals surface area contributed by atoms with E-state index >= 15 is 0 Å². The van der Waals surface area contributed by atoms with Crippen molar-refractivity contribution >= 4 is 27.5 Å². The van der Waals surface area contributed by atoms with E-state index in [4.69, 9.17) is 19.6 Å². The van der Waals surface area contributed by atoms with Crippen LogP contribution in [0.25, 0.3) is 21.7 Å². The Morgan fingerprint density at radius 1 is 0.853 bits per heavy atom. The molecule has 0 saturated carbocycles. The molecule has 0 fully saturated rings. The number of rotatable bonds is 14. The fraction of sp³-hybridized carbons (Fsp3) is 0.333. The lowest BCUT2D eigenvalue weighted by atomic mass is 10.1. The van der Waals surface area contributed by atoms with Gasteiger partial charge in [0, 0.05) is 48.2 Å². The summed E-state index contributed by atoms with van der Waals surface area (Å²) < 4.78 is 11.3. The van der Waals surface area contributed by atoms with Crippen LogP contribution in [0.2, 0.25) is 0 Å². The average molecular weight is 461 g/mol. The molecule has 178 valence electrons. The lowest BCUT2D eigenvalue weighted by Gasteiger charge is -2.11. The zero-order chi connectivity index (χ0) is 23.4. The van der Waals surface area contributed by atoms with E-state index in [1.165, 1.54) is 5.56 Å². The molecule has 0 spiro atoms. The lowest BCUT2D eigenvalue weighted by Crippen LogP contribution is -2.16. The monoisotopic (exact) mass is 460 g/mol. The Morgan fingerprint density at radius 2 is 1.79 bits per heavy atom. The van der Waals surface area contributed by atoms with Gasteiger partial charge in [-0.25, -0.2) is 4.98 Å². The normalized spacial score (nSPS) is 11.2. The molecule has 2 heterocycles. The van der Waals surface area contributed by atoms with Crippen LogP contribution in [0.5, 0.6) is 5.75 Å². The number of hydrogen-bond donors (Lipinski definition) is 3. The van der Waals surface area contributed by atoms with Crippen LogP contribution < -0.4 is 15.4 Å². The Labute approximate surface area is 200 Å². The smallest absolute Gasteiger partial charge is 0.134 e. The highest BCUT2D eigenvalue weighted by molar-refractivity contribution is 6.09. The van der Waals surface area contributed by atoms with Crippen LogP contribution >= 0.6 is 0 Å². The number of para-hydroxylation sites is 1. The SMILES string of the molecule is OCCOc1cccc(CNCCCCOCCNc2nc3ccccc3c3cnccc23)c1. The summed E-state index contributed by atoms with van der Waals surface area (Å²) >= 11 is 0. The van der Waals surface area contributed by atoms with Crippen LogP contribution in [0, 0.1) is 0 Å². The number of benzene rings is 2. The fourth-order valence-corrected chi connectivity index (χ4v) is 3.87. The molecule has 4 rings (SSSR count). The van der Waals surface area contributed by atoms with Crippen molar-refractivity contribution in [2.45, 2.75) is 19.4 Å². The van der Waals surface area contributed by atoms with E-state index in [-0.39, 0.29) is 6.61 Å². The summed E-state index contributed by atoms with van der Waals surface area (Å²) in [5.74, 6) is 1.66. The summed E-state index contributed by atoms with van der Waals surface area (Å²) in [6, 6.07) is 18.1. The first-order chi connectivity index (χ1) is 16.8. The Hall–Kier alpha value is -3.26. The predicted octanol–water partition coefficient (Wildman–Crippen LogP) is 4.15. The summed E-state index contributed by atoms with van der Waals surface area (Å²) in [6.45, 7) is 4.15. The second kappa shape index (κ2) is 12.8. The quantitative estimate of drug-likeness (QED) is 0.192. The van der Waals surface area contributed by atoms with Gasteiger partial charge in [0.1, 0.15) is 18.2 Å². The highest BCUT2D eigenvalue weighted by Crippen LogP contribution is 2.28. The second-order valence-electron chi connectivity index (χ2n) is 8.04. The van der Waals surface area contributed by atoms with Crippen LogP contribution in [-0.2, 0) is 11.3 Å². The van der Waals surface area contributed by atoms with Crippen molar-refractivity contribution in [1.82, 2.24) is 15.3 Å². The van der Waals surface area contributed by atoms with Gasteiger partial charge in [-0.1, -0.05) is 30.3 Å². The highest BCUT2D eigenvalue weighted by Gasteiger charge is 2.07. The molecule has 2 aromatic heterocycles. The molecule has 34 heavy (non-hydrogen) atoms. The Bertz CT molecular complexity index is 1180. The molecule has 0 aliphatic carbocycles. The molecule has 0 amide bonds. The summed E-state index contributed by atoms with van der Waals surface area (Å²) in [5.41, 5.74) is 2.13. The third kappa shape index (κ3) is 6.63. The van der Waals surface area contributed by atoms with Gasteiger partial charge in [-0.2, -0.15) is 0 Å². The van der Waals surface area contributed by atoms with E-state index in [9.17, 15) is 0 Å². The van der Waals surface area contributed by atoms with Crippen molar-refractivity contribution in [3.63, 3.8) is 0 Å². The zero-order valence-electron chi connectivity index (χ0n) is 19.4. The maximum absolute atomic E-state index is 8.86. The van der Waals surface area contributed by atoms with E-state index in [0.29, 0.717) is 19.8 Å². The molecule has 0 bridgehead atoms. The van der Waals surface area contributed by atoms with Crippen LogP contribution in [0.3, 0.4) is 0 Å². The van der Waals surface area contributed by atoms with Crippen LogP contribution in [0.4, 0.5) is 5.82 Å². The van der Waals surface area contributed by atoms with Crippen molar-refractivity contribution < 1.29 is 14.6 Å². The van der Waals surface area contributed by atoms with Gasteiger partial charge in [0.2, 0.25) is 0 Å². The van der Waals surface area contributed by atoms with Gasteiger partial charge in [-0.3, -0.25) is 4.98 Å². The van der Waals surface area contributed by atoms with Crippen LogP contribution in [0.15, 0.2) is 67.0 Å². The average Bonchev–Trinajstić information content (AvgIpc) is 2.88. The maximum Gasteiger partial charge on any atom is 0.134 e. The number of anilines is 1. The lowest BCUT2D eigenvalue weighted by molar-refractivity contribution is 0.140. The molecule has 4 aromatic rings. The summed E-state index contributed by atoms with van der Waals surface area (Å²) in [5, 5.41) is 19.0. The minimum absolute atomic E-state index is 0.0234. The molecule has 0 saturated heterocycles. The van der Waals surface area contributed by atoms with Gasteiger partial charge in [0.25, 0.3) is 0 Å². The Kier molecular flexibility index (Phi) is 9.02. The number of fused-ring (bicyclic) bond motifs is 3.